The molecule has 1 aromatic carbocycles. The smallest absolute Gasteiger partial charge is 0.318 e. The van der Waals surface area contributed by atoms with Gasteiger partial charge in [-0.1, -0.05) is 30.3 Å². The van der Waals surface area contributed by atoms with Crippen molar-refractivity contribution < 1.29 is 4.79 Å². The number of hydrogen-bond acceptors (Lipinski definition) is 3. The molecule has 1 aromatic heterocycles. The average Bonchev–Trinajstić information content (AvgIpc) is 2.63. The van der Waals surface area contributed by atoms with E-state index in [1.165, 1.54) is 5.56 Å². The third-order valence-electron chi connectivity index (χ3n) is 4.77. The Morgan fingerprint density at radius 1 is 1.20 bits per heavy atom. The SMILES string of the molecule is C[C@H](NC(=O)N1CCN(Cc2ccccc2)C[C@H]1C)c1ccncc1. The fourth-order valence-corrected chi connectivity index (χ4v) is 3.32. The largest absolute Gasteiger partial charge is 0.331 e. The highest BCUT2D eigenvalue weighted by Gasteiger charge is 2.28. The molecule has 2 aromatic rings. The second-order valence-electron chi connectivity index (χ2n) is 6.71. The van der Waals surface area contributed by atoms with Gasteiger partial charge in [-0.15, -0.1) is 0 Å². The molecule has 5 heteroatoms. The maximum absolute atomic E-state index is 12.6. The number of urea groups is 1. The van der Waals surface area contributed by atoms with E-state index in [2.05, 4.69) is 46.4 Å². The average molecular weight is 338 g/mol. The minimum absolute atomic E-state index is 0.0103. The van der Waals surface area contributed by atoms with E-state index in [0.717, 1.165) is 31.7 Å². The maximum Gasteiger partial charge on any atom is 0.318 e. The van der Waals surface area contributed by atoms with Gasteiger partial charge in [-0.3, -0.25) is 9.88 Å². The Labute approximate surface area is 149 Å². The second kappa shape index (κ2) is 8.12. The van der Waals surface area contributed by atoms with E-state index < -0.39 is 0 Å². The van der Waals surface area contributed by atoms with Crippen molar-refractivity contribution in [2.45, 2.75) is 32.5 Å². The summed E-state index contributed by atoms with van der Waals surface area (Å²) in [5.74, 6) is 0. The third kappa shape index (κ3) is 4.57. The summed E-state index contributed by atoms with van der Waals surface area (Å²) in [7, 11) is 0. The first-order valence-corrected chi connectivity index (χ1v) is 8.87. The molecule has 132 valence electrons. The van der Waals surface area contributed by atoms with Crippen molar-refractivity contribution in [3.63, 3.8) is 0 Å². The van der Waals surface area contributed by atoms with Gasteiger partial charge >= 0.3 is 6.03 Å². The molecule has 2 heterocycles. The summed E-state index contributed by atoms with van der Waals surface area (Å²) >= 11 is 0. The fourth-order valence-electron chi connectivity index (χ4n) is 3.32. The summed E-state index contributed by atoms with van der Waals surface area (Å²) in [6.45, 7) is 7.61. The number of aromatic nitrogens is 1. The molecule has 0 bridgehead atoms. The predicted molar refractivity (Wildman–Crippen MR) is 99.1 cm³/mol. The van der Waals surface area contributed by atoms with Crippen molar-refractivity contribution in [1.82, 2.24) is 20.1 Å². The lowest BCUT2D eigenvalue weighted by Crippen LogP contribution is -2.56. The molecule has 1 N–H and O–H groups in total. The Balaban J connectivity index is 1.53. The van der Waals surface area contributed by atoms with E-state index in [1.54, 1.807) is 12.4 Å². The standard InChI is InChI=1S/C20H26N4O/c1-16-14-23(15-18-6-4-3-5-7-18)12-13-24(16)20(25)22-17(2)19-8-10-21-11-9-19/h3-11,16-17H,12-15H2,1-2H3,(H,22,25)/t16-,17+/m1/s1. The van der Waals surface area contributed by atoms with Crippen molar-refractivity contribution in [3.05, 3.63) is 66.0 Å². The molecule has 0 radical (unpaired) electrons. The molecule has 2 amide bonds. The Hall–Kier alpha value is -2.40. The number of nitrogens with one attached hydrogen (secondary N) is 1. The number of pyridine rings is 1. The van der Waals surface area contributed by atoms with Crippen LogP contribution in [0.15, 0.2) is 54.9 Å². The number of nitrogens with zero attached hydrogens (tertiary/aromatic N) is 3. The molecule has 3 rings (SSSR count). The number of piperazine rings is 1. The van der Waals surface area contributed by atoms with E-state index in [4.69, 9.17) is 0 Å². The Morgan fingerprint density at radius 3 is 2.60 bits per heavy atom. The number of carbonyl (C=O) groups is 1. The molecule has 0 aliphatic carbocycles. The molecule has 1 saturated heterocycles. The molecule has 0 spiro atoms. The number of carbonyl (C=O) groups excluding carboxylic acids is 1. The summed E-state index contributed by atoms with van der Waals surface area (Å²) in [5, 5.41) is 3.10. The molecule has 1 aliphatic heterocycles. The normalized spacial score (nSPS) is 19.4. The molecule has 25 heavy (non-hydrogen) atoms. The van der Waals surface area contributed by atoms with Crippen LogP contribution >= 0.6 is 0 Å². The maximum atomic E-state index is 12.6. The minimum atomic E-state index is -0.0231. The molecule has 1 fully saturated rings. The van der Waals surface area contributed by atoms with Crippen LogP contribution in [-0.4, -0.2) is 46.5 Å². The van der Waals surface area contributed by atoms with Crippen molar-refractivity contribution in [3.8, 4) is 0 Å². The first-order chi connectivity index (χ1) is 12.1. The van der Waals surface area contributed by atoms with Crippen molar-refractivity contribution in [1.29, 1.82) is 0 Å². The van der Waals surface area contributed by atoms with Gasteiger partial charge in [0.05, 0.1) is 6.04 Å². The van der Waals surface area contributed by atoms with Gasteiger partial charge in [0.25, 0.3) is 0 Å². The molecular formula is C20H26N4O. The summed E-state index contributed by atoms with van der Waals surface area (Å²) in [4.78, 5) is 21.0. The van der Waals surface area contributed by atoms with Gasteiger partial charge in [0, 0.05) is 44.6 Å². The molecule has 0 unspecified atom stereocenters. The highest BCUT2D eigenvalue weighted by atomic mass is 16.2. The third-order valence-corrected chi connectivity index (χ3v) is 4.77. The van der Waals surface area contributed by atoms with Crippen LogP contribution < -0.4 is 5.32 Å². The summed E-state index contributed by atoms with van der Waals surface area (Å²) in [6.07, 6.45) is 3.51. The first-order valence-electron chi connectivity index (χ1n) is 8.87. The van der Waals surface area contributed by atoms with Gasteiger partial charge in [-0.2, -0.15) is 0 Å². The summed E-state index contributed by atoms with van der Waals surface area (Å²) in [5.41, 5.74) is 2.39. The number of rotatable bonds is 4. The van der Waals surface area contributed by atoms with Crippen LogP contribution in [0.3, 0.4) is 0 Å². The predicted octanol–water partition coefficient (Wildman–Crippen LogP) is 3.06. The Kier molecular flexibility index (Phi) is 5.66. The minimum Gasteiger partial charge on any atom is -0.331 e. The lowest BCUT2D eigenvalue weighted by atomic mass is 10.1. The molecule has 2 atom stereocenters. The van der Waals surface area contributed by atoms with Crippen LogP contribution in [0.2, 0.25) is 0 Å². The van der Waals surface area contributed by atoms with Gasteiger partial charge in [0.15, 0.2) is 0 Å². The van der Waals surface area contributed by atoms with Crippen LogP contribution in [0.5, 0.6) is 0 Å². The zero-order chi connectivity index (χ0) is 17.6. The van der Waals surface area contributed by atoms with Gasteiger partial charge < -0.3 is 10.2 Å². The van der Waals surface area contributed by atoms with E-state index in [9.17, 15) is 4.79 Å². The molecule has 1 aliphatic rings. The Morgan fingerprint density at radius 2 is 1.92 bits per heavy atom. The highest BCUT2D eigenvalue weighted by molar-refractivity contribution is 5.75. The van der Waals surface area contributed by atoms with E-state index in [-0.39, 0.29) is 18.1 Å². The summed E-state index contributed by atoms with van der Waals surface area (Å²) < 4.78 is 0. The van der Waals surface area contributed by atoms with Crippen LogP contribution in [0.25, 0.3) is 0 Å². The quantitative estimate of drug-likeness (QED) is 0.932. The fraction of sp³-hybridized carbons (Fsp3) is 0.400. The Bertz CT molecular complexity index is 677. The molecule has 0 saturated carbocycles. The highest BCUT2D eigenvalue weighted by Crippen LogP contribution is 2.15. The monoisotopic (exact) mass is 338 g/mol. The van der Waals surface area contributed by atoms with Crippen LogP contribution in [-0.2, 0) is 6.54 Å². The summed E-state index contributed by atoms with van der Waals surface area (Å²) in [6, 6.07) is 14.5. The molecular weight excluding hydrogens is 312 g/mol. The number of amides is 2. The van der Waals surface area contributed by atoms with Gasteiger partial charge in [-0.25, -0.2) is 4.79 Å². The first kappa shape index (κ1) is 17.4. The van der Waals surface area contributed by atoms with Crippen molar-refractivity contribution in [2.75, 3.05) is 19.6 Å². The van der Waals surface area contributed by atoms with E-state index in [0.29, 0.717) is 0 Å². The lowest BCUT2D eigenvalue weighted by Gasteiger charge is -2.40. The van der Waals surface area contributed by atoms with Crippen LogP contribution in [0.1, 0.15) is 31.0 Å². The number of hydrogen-bond donors (Lipinski definition) is 1. The second-order valence-corrected chi connectivity index (χ2v) is 6.71. The van der Waals surface area contributed by atoms with Gasteiger partial charge in [0.1, 0.15) is 0 Å². The van der Waals surface area contributed by atoms with Crippen molar-refractivity contribution >= 4 is 6.03 Å². The zero-order valence-corrected chi connectivity index (χ0v) is 14.9. The number of benzene rings is 1. The van der Waals surface area contributed by atoms with Crippen LogP contribution in [0.4, 0.5) is 4.79 Å². The molecule has 5 nitrogen and oxygen atoms in total. The van der Waals surface area contributed by atoms with Crippen LogP contribution in [0, 0.1) is 0 Å². The topological polar surface area (TPSA) is 48.5 Å². The lowest BCUT2D eigenvalue weighted by molar-refractivity contribution is 0.0963. The van der Waals surface area contributed by atoms with Gasteiger partial charge in [-0.05, 0) is 37.1 Å². The van der Waals surface area contributed by atoms with Gasteiger partial charge in [0.2, 0.25) is 0 Å². The van der Waals surface area contributed by atoms with E-state index in [1.807, 2.05) is 30.0 Å². The van der Waals surface area contributed by atoms with Crippen molar-refractivity contribution in [2.24, 2.45) is 0 Å². The van der Waals surface area contributed by atoms with E-state index >= 15 is 0 Å². The zero-order valence-electron chi connectivity index (χ0n) is 14.9.